The Morgan fingerprint density at radius 2 is 2.05 bits per heavy atom. The lowest BCUT2D eigenvalue weighted by Gasteiger charge is -2.23. The first-order valence-corrected chi connectivity index (χ1v) is 7.47. The third-order valence-corrected chi connectivity index (χ3v) is 4.12. The summed E-state index contributed by atoms with van der Waals surface area (Å²) >= 11 is 6.05. The van der Waals surface area contributed by atoms with E-state index in [9.17, 15) is 8.78 Å². The van der Waals surface area contributed by atoms with E-state index in [0.717, 1.165) is 44.6 Å². The summed E-state index contributed by atoms with van der Waals surface area (Å²) in [7, 11) is 0. The lowest BCUT2D eigenvalue weighted by molar-refractivity contribution is 0.0175. The number of anilines is 1. The van der Waals surface area contributed by atoms with E-state index in [-0.39, 0.29) is 5.56 Å². The molecule has 1 aromatic carbocycles. The number of nitrogens with one attached hydrogen (secondary N) is 2. The molecule has 0 aromatic heterocycles. The number of piperidine rings is 1. The first-order chi connectivity index (χ1) is 9.47. The second kappa shape index (κ2) is 6.72. The fourth-order valence-electron chi connectivity index (χ4n) is 2.51. The highest BCUT2D eigenvalue weighted by molar-refractivity contribution is 6.33. The Morgan fingerprint density at radius 1 is 1.35 bits per heavy atom. The molecule has 0 unspecified atom stereocenters. The molecular formula is C15H21ClF2N2. The van der Waals surface area contributed by atoms with Gasteiger partial charge in [0.2, 0.25) is 0 Å². The molecule has 2 N–H and O–H groups in total. The Morgan fingerprint density at radius 3 is 2.65 bits per heavy atom. The highest BCUT2D eigenvalue weighted by atomic mass is 35.5. The van der Waals surface area contributed by atoms with E-state index in [1.165, 1.54) is 25.0 Å². The van der Waals surface area contributed by atoms with E-state index in [2.05, 4.69) is 10.6 Å². The van der Waals surface area contributed by atoms with E-state index in [1.807, 2.05) is 0 Å². The summed E-state index contributed by atoms with van der Waals surface area (Å²) in [6.45, 7) is 3.88. The molecular weight excluding hydrogens is 282 g/mol. The number of rotatable bonds is 5. The maximum Gasteiger partial charge on any atom is 0.270 e. The Kier molecular flexibility index (Phi) is 5.22. The van der Waals surface area contributed by atoms with Gasteiger partial charge in [-0.3, -0.25) is 0 Å². The maximum atomic E-state index is 13.2. The van der Waals surface area contributed by atoms with E-state index in [0.29, 0.717) is 5.02 Å². The number of alkyl halides is 2. The van der Waals surface area contributed by atoms with Crippen LogP contribution < -0.4 is 10.6 Å². The topological polar surface area (TPSA) is 24.1 Å². The minimum absolute atomic E-state index is 0.0496. The molecule has 0 amide bonds. The van der Waals surface area contributed by atoms with Gasteiger partial charge in [0.25, 0.3) is 5.92 Å². The van der Waals surface area contributed by atoms with Crippen LogP contribution >= 0.6 is 11.6 Å². The van der Waals surface area contributed by atoms with Crippen LogP contribution in [-0.2, 0) is 5.92 Å². The van der Waals surface area contributed by atoms with Gasteiger partial charge in [-0.25, -0.2) is 8.78 Å². The van der Waals surface area contributed by atoms with E-state index in [4.69, 9.17) is 11.6 Å². The van der Waals surface area contributed by atoms with Gasteiger partial charge in [0, 0.05) is 19.0 Å². The Bertz CT molecular complexity index is 440. The molecule has 1 fully saturated rings. The molecule has 2 nitrogen and oxygen atoms in total. The van der Waals surface area contributed by atoms with Crippen LogP contribution in [0.4, 0.5) is 14.5 Å². The van der Waals surface area contributed by atoms with Crippen molar-refractivity contribution in [1.29, 1.82) is 0 Å². The van der Waals surface area contributed by atoms with Crippen LogP contribution in [0.25, 0.3) is 0 Å². The third-order valence-electron chi connectivity index (χ3n) is 3.80. The van der Waals surface area contributed by atoms with Crippen molar-refractivity contribution in [3.05, 3.63) is 28.8 Å². The smallest absolute Gasteiger partial charge is 0.270 e. The van der Waals surface area contributed by atoms with Gasteiger partial charge in [-0.15, -0.1) is 0 Å². The average Bonchev–Trinajstić information content (AvgIpc) is 2.40. The van der Waals surface area contributed by atoms with Crippen molar-refractivity contribution >= 4 is 17.3 Å². The second-order valence-electron chi connectivity index (χ2n) is 5.49. The average molecular weight is 303 g/mol. The van der Waals surface area contributed by atoms with Crippen LogP contribution in [-0.4, -0.2) is 19.6 Å². The number of halogens is 3. The molecule has 20 heavy (non-hydrogen) atoms. The first-order valence-electron chi connectivity index (χ1n) is 7.09. The van der Waals surface area contributed by atoms with Crippen molar-refractivity contribution in [2.45, 2.75) is 32.1 Å². The van der Waals surface area contributed by atoms with Crippen molar-refractivity contribution in [3.63, 3.8) is 0 Å². The molecule has 1 aliphatic rings. The minimum Gasteiger partial charge on any atom is -0.384 e. The highest BCUT2D eigenvalue weighted by Crippen LogP contribution is 2.32. The standard InChI is InChI=1S/C15H21ClF2N2/c1-15(17,18)12-2-3-14(13(16)10-12)20-9-6-11-4-7-19-8-5-11/h2-3,10-11,19-20H,4-9H2,1H3. The van der Waals surface area contributed by atoms with Crippen LogP contribution in [0.2, 0.25) is 5.02 Å². The first kappa shape index (κ1) is 15.5. The van der Waals surface area contributed by atoms with E-state index < -0.39 is 5.92 Å². The van der Waals surface area contributed by atoms with Gasteiger partial charge in [-0.2, -0.15) is 0 Å². The molecule has 2 rings (SSSR count). The Hall–Kier alpha value is -0.870. The largest absolute Gasteiger partial charge is 0.384 e. The number of benzene rings is 1. The second-order valence-corrected chi connectivity index (χ2v) is 5.90. The lowest BCUT2D eigenvalue weighted by atomic mass is 9.95. The highest BCUT2D eigenvalue weighted by Gasteiger charge is 2.24. The lowest BCUT2D eigenvalue weighted by Crippen LogP contribution is -2.28. The van der Waals surface area contributed by atoms with Crippen LogP contribution in [0.1, 0.15) is 31.7 Å². The maximum absolute atomic E-state index is 13.2. The van der Waals surface area contributed by atoms with Gasteiger partial charge in [-0.05, 0) is 50.4 Å². The number of hydrogen-bond donors (Lipinski definition) is 2. The predicted molar refractivity (Wildman–Crippen MR) is 79.7 cm³/mol. The van der Waals surface area contributed by atoms with Crippen LogP contribution in [0, 0.1) is 5.92 Å². The molecule has 0 bridgehead atoms. The molecule has 112 valence electrons. The van der Waals surface area contributed by atoms with Crippen molar-refractivity contribution in [1.82, 2.24) is 5.32 Å². The fourth-order valence-corrected chi connectivity index (χ4v) is 2.76. The Balaban J connectivity index is 1.86. The molecule has 1 saturated heterocycles. The van der Waals surface area contributed by atoms with Crippen molar-refractivity contribution in [3.8, 4) is 0 Å². The zero-order valence-corrected chi connectivity index (χ0v) is 12.4. The van der Waals surface area contributed by atoms with Gasteiger partial charge in [0.1, 0.15) is 0 Å². The molecule has 0 atom stereocenters. The molecule has 1 aliphatic heterocycles. The van der Waals surface area contributed by atoms with Crippen molar-refractivity contribution < 1.29 is 8.78 Å². The zero-order valence-electron chi connectivity index (χ0n) is 11.7. The fraction of sp³-hybridized carbons (Fsp3) is 0.600. The Labute approximate surface area is 123 Å². The molecule has 0 aliphatic carbocycles. The zero-order chi connectivity index (χ0) is 14.6. The molecule has 1 heterocycles. The molecule has 1 aromatic rings. The van der Waals surface area contributed by atoms with Gasteiger partial charge in [-0.1, -0.05) is 17.7 Å². The van der Waals surface area contributed by atoms with Crippen LogP contribution in [0.5, 0.6) is 0 Å². The van der Waals surface area contributed by atoms with Crippen molar-refractivity contribution in [2.75, 3.05) is 25.0 Å². The van der Waals surface area contributed by atoms with Gasteiger partial charge in [0.15, 0.2) is 0 Å². The quantitative estimate of drug-likeness (QED) is 0.849. The van der Waals surface area contributed by atoms with E-state index >= 15 is 0 Å². The number of hydrogen-bond acceptors (Lipinski definition) is 2. The summed E-state index contributed by atoms with van der Waals surface area (Å²) in [5, 5.41) is 6.94. The van der Waals surface area contributed by atoms with Gasteiger partial charge >= 0.3 is 0 Å². The summed E-state index contributed by atoms with van der Waals surface area (Å²) in [5.41, 5.74) is 0.681. The van der Waals surface area contributed by atoms with Crippen molar-refractivity contribution in [2.24, 2.45) is 5.92 Å². The minimum atomic E-state index is -2.85. The van der Waals surface area contributed by atoms with Crippen LogP contribution in [0.15, 0.2) is 18.2 Å². The molecule has 0 radical (unpaired) electrons. The summed E-state index contributed by atoms with van der Waals surface area (Å²) < 4.78 is 26.4. The molecule has 0 spiro atoms. The summed E-state index contributed by atoms with van der Waals surface area (Å²) in [6, 6.07) is 4.41. The summed E-state index contributed by atoms with van der Waals surface area (Å²) in [4.78, 5) is 0. The molecule has 0 saturated carbocycles. The van der Waals surface area contributed by atoms with Gasteiger partial charge in [0.05, 0.1) is 10.7 Å². The predicted octanol–water partition coefficient (Wildman–Crippen LogP) is 4.25. The molecule has 5 heteroatoms. The SMILES string of the molecule is CC(F)(F)c1ccc(NCCC2CCNCC2)c(Cl)c1. The summed E-state index contributed by atoms with van der Waals surface area (Å²) in [6.07, 6.45) is 3.50. The normalized spacial score (nSPS) is 17.2. The monoisotopic (exact) mass is 302 g/mol. The van der Waals surface area contributed by atoms with E-state index in [1.54, 1.807) is 6.07 Å². The summed E-state index contributed by atoms with van der Waals surface area (Å²) in [5.74, 6) is -2.11. The van der Waals surface area contributed by atoms with Crippen LogP contribution in [0.3, 0.4) is 0 Å². The van der Waals surface area contributed by atoms with Gasteiger partial charge < -0.3 is 10.6 Å². The third kappa shape index (κ3) is 4.32.